The predicted molar refractivity (Wildman–Crippen MR) is 196 cm³/mol. The highest BCUT2D eigenvalue weighted by Gasteiger charge is 2.44. The van der Waals surface area contributed by atoms with Crippen LogP contribution in [-0.4, -0.2) is 50.8 Å². The number of hydrogen-bond acceptors (Lipinski definition) is 3. The molecule has 0 bridgehead atoms. The predicted octanol–water partition coefficient (Wildman–Crippen LogP) is 10.5. The van der Waals surface area contributed by atoms with Gasteiger partial charge >= 0.3 is 0 Å². The summed E-state index contributed by atoms with van der Waals surface area (Å²) in [6, 6.07) is 13.3. The quantitative estimate of drug-likeness (QED) is 0.169. The van der Waals surface area contributed by atoms with Crippen LogP contribution in [0.25, 0.3) is 0 Å². The number of rotatable bonds is 11. The Balaban J connectivity index is 1.48. The molecule has 1 aliphatic carbocycles. The van der Waals surface area contributed by atoms with Gasteiger partial charge in [-0.15, -0.1) is 0 Å². The Morgan fingerprint density at radius 1 is 0.867 bits per heavy atom. The van der Waals surface area contributed by atoms with Crippen LogP contribution in [0.3, 0.4) is 0 Å². The van der Waals surface area contributed by atoms with Crippen molar-refractivity contribution < 1.29 is 14.0 Å². The van der Waals surface area contributed by atoms with E-state index < -0.39 is 0 Å². The number of benzene rings is 2. The van der Waals surface area contributed by atoms with E-state index in [-0.39, 0.29) is 10.8 Å². The Hall–Kier alpha value is -1.96. The van der Waals surface area contributed by atoms with Crippen LogP contribution in [0, 0.1) is 0 Å². The maximum atomic E-state index is 7.21. The molecular weight excluding hydrogens is 712 g/mol. The number of hydrogen-bond donors (Lipinski definition) is 0. The Kier molecular flexibility index (Phi) is 11.0. The van der Waals surface area contributed by atoms with Crippen molar-refractivity contribution in [2.24, 2.45) is 0 Å². The second kappa shape index (κ2) is 14.4. The molecule has 0 saturated carbocycles. The first kappa shape index (κ1) is 34.4. The summed E-state index contributed by atoms with van der Waals surface area (Å²) in [4.78, 5) is 2.46. The molecule has 2 heterocycles. The second-order valence-corrected chi connectivity index (χ2v) is 15.4. The van der Waals surface area contributed by atoms with Crippen LogP contribution in [0.4, 0.5) is 11.4 Å². The number of anilines is 1. The van der Waals surface area contributed by atoms with Crippen LogP contribution in [0.1, 0.15) is 70.9 Å². The van der Waals surface area contributed by atoms with Crippen LogP contribution in [0.15, 0.2) is 91.5 Å². The van der Waals surface area contributed by atoms with Crippen molar-refractivity contribution in [3.05, 3.63) is 103 Å². The number of methoxy groups -OCH3 is 2. The van der Waals surface area contributed by atoms with Crippen LogP contribution >= 0.6 is 43.5 Å². The summed E-state index contributed by atoms with van der Waals surface area (Å²) in [5.41, 5.74) is 9.98. The summed E-state index contributed by atoms with van der Waals surface area (Å²) in [5.74, 6) is 0. The minimum absolute atomic E-state index is 0.127. The fourth-order valence-corrected chi connectivity index (χ4v) is 8.12. The van der Waals surface area contributed by atoms with Crippen molar-refractivity contribution in [1.29, 1.82) is 0 Å². The number of allylic oxidation sites excluding steroid dienone is 8. The van der Waals surface area contributed by atoms with Gasteiger partial charge in [-0.3, -0.25) is 0 Å². The third-order valence-corrected chi connectivity index (χ3v) is 11.0. The van der Waals surface area contributed by atoms with Crippen molar-refractivity contribution in [2.45, 2.75) is 70.6 Å². The van der Waals surface area contributed by atoms with Crippen LogP contribution in [0.2, 0.25) is 0 Å². The zero-order valence-corrected chi connectivity index (χ0v) is 31.4. The number of fused-ring (bicyclic) bond motifs is 2. The summed E-state index contributed by atoms with van der Waals surface area (Å²) in [6.07, 6.45) is 14.1. The van der Waals surface area contributed by atoms with Gasteiger partial charge < -0.3 is 14.4 Å². The van der Waals surface area contributed by atoms with Crippen molar-refractivity contribution in [3.8, 4) is 0 Å². The van der Waals surface area contributed by atoms with E-state index in [0.717, 1.165) is 72.4 Å². The van der Waals surface area contributed by atoms with E-state index in [9.17, 15) is 0 Å². The monoisotopic (exact) mass is 755 g/mol. The third-order valence-electron chi connectivity index (χ3n) is 9.51. The largest absolute Gasteiger partial charge is 0.385 e. The lowest BCUT2D eigenvalue weighted by molar-refractivity contribution is -0.438. The molecule has 4 nitrogen and oxygen atoms in total. The summed E-state index contributed by atoms with van der Waals surface area (Å²) >= 11 is 14.6. The van der Waals surface area contributed by atoms with E-state index in [2.05, 4.69) is 130 Å². The molecule has 0 aromatic heterocycles. The summed E-state index contributed by atoms with van der Waals surface area (Å²) in [7, 11) is 3.54. The average molecular weight is 758 g/mol. The van der Waals surface area contributed by atoms with Crippen LogP contribution < -0.4 is 4.90 Å². The lowest BCUT2D eigenvalue weighted by Crippen LogP contribution is -2.28. The van der Waals surface area contributed by atoms with Gasteiger partial charge in [0.15, 0.2) is 12.3 Å². The zero-order valence-electron chi connectivity index (χ0n) is 27.5. The van der Waals surface area contributed by atoms with Crippen LogP contribution in [-0.2, 0) is 20.3 Å². The Morgan fingerprint density at radius 2 is 1.56 bits per heavy atom. The van der Waals surface area contributed by atoms with Gasteiger partial charge in [0.25, 0.3) is 0 Å². The lowest BCUT2D eigenvalue weighted by Gasteiger charge is -2.27. The van der Waals surface area contributed by atoms with Gasteiger partial charge in [-0.05, 0) is 92.6 Å². The molecule has 2 aromatic carbocycles. The molecular formula is C38H46Br2ClN2O2+. The second-order valence-electron chi connectivity index (χ2n) is 13.2. The van der Waals surface area contributed by atoms with Crippen molar-refractivity contribution in [2.75, 3.05) is 45.4 Å². The molecule has 0 spiro atoms. The van der Waals surface area contributed by atoms with Gasteiger partial charge in [0.05, 0.1) is 12.0 Å². The Bertz CT molecular complexity index is 1600. The molecule has 0 fully saturated rings. The van der Waals surface area contributed by atoms with Gasteiger partial charge in [-0.2, -0.15) is 4.58 Å². The lowest BCUT2D eigenvalue weighted by atomic mass is 9.81. The average Bonchev–Trinajstić information content (AvgIpc) is 3.34. The van der Waals surface area contributed by atoms with E-state index in [1.807, 2.05) is 0 Å². The van der Waals surface area contributed by atoms with E-state index in [1.165, 1.54) is 45.1 Å². The Morgan fingerprint density at radius 3 is 2.29 bits per heavy atom. The highest BCUT2D eigenvalue weighted by atomic mass is 79.9. The molecule has 240 valence electrons. The smallest absolute Gasteiger partial charge is 0.209 e. The van der Waals surface area contributed by atoms with Gasteiger partial charge in [-0.1, -0.05) is 69.5 Å². The Labute approximate surface area is 291 Å². The van der Waals surface area contributed by atoms with E-state index in [4.69, 9.17) is 21.1 Å². The molecule has 45 heavy (non-hydrogen) atoms. The molecule has 0 unspecified atom stereocenters. The molecule has 0 amide bonds. The van der Waals surface area contributed by atoms with E-state index >= 15 is 0 Å². The minimum atomic E-state index is -0.127. The molecule has 2 aromatic rings. The van der Waals surface area contributed by atoms with Crippen molar-refractivity contribution in [3.63, 3.8) is 0 Å². The van der Waals surface area contributed by atoms with E-state index in [1.54, 1.807) is 14.2 Å². The minimum Gasteiger partial charge on any atom is -0.385 e. The van der Waals surface area contributed by atoms with Crippen LogP contribution in [0.5, 0.6) is 0 Å². The molecule has 7 heteroatoms. The first-order chi connectivity index (χ1) is 21.5. The fourth-order valence-electron chi connectivity index (χ4n) is 7.08. The van der Waals surface area contributed by atoms with Crippen molar-refractivity contribution >= 4 is 60.5 Å². The molecule has 5 rings (SSSR count). The maximum absolute atomic E-state index is 7.21. The number of halogens is 3. The standard InChI is InChI=1S/C38H46Br2ClN2O2/c1-37(2)30-24-28(39)14-16-32(30)42(20-8-22-44-5)34(37)18-12-26-10-7-11-27(36(26)41)13-19-35-38(3,4)31-25-29(40)15-17-33(31)43(35)21-9-23-45-6/h12-19,24-25H,7-11,20-23H2,1-6H3/q+1. The highest BCUT2D eigenvalue weighted by molar-refractivity contribution is 9.10. The fraction of sp³-hybridized carbons (Fsp3) is 0.447. The summed E-state index contributed by atoms with van der Waals surface area (Å²) < 4.78 is 15.5. The van der Waals surface area contributed by atoms with Gasteiger partial charge in [-0.25, -0.2) is 0 Å². The van der Waals surface area contributed by atoms with Gasteiger partial charge in [0.2, 0.25) is 5.69 Å². The highest BCUT2D eigenvalue weighted by Crippen LogP contribution is 2.49. The number of ether oxygens (including phenoxy) is 2. The topological polar surface area (TPSA) is 24.7 Å². The zero-order chi connectivity index (χ0) is 32.4. The normalized spacial score (nSPS) is 20.7. The molecule has 0 atom stereocenters. The van der Waals surface area contributed by atoms with Gasteiger partial charge in [0.1, 0.15) is 0 Å². The molecule has 2 aliphatic heterocycles. The summed E-state index contributed by atoms with van der Waals surface area (Å²) in [5, 5.41) is 0.888. The third kappa shape index (κ3) is 7.01. The first-order valence-electron chi connectivity index (χ1n) is 16.0. The first-order valence-corrected chi connectivity index (χ1v) is 18.0. The van der Waals surface area contributed by atoms with E-state index in [0.29, 0.717) is 0 Å². The molecule has 0 saturated heterocycles. The molecule has 0 radical (unpaired) electrons. The SMILES string of the molecule is COCCCN1/C(=C/C=C2\CCCC(/C=C/C3=[N+](CCCOC)c4ccc(Br)cc4C3(C)C)=C2Cl)C(C)(C)c2cc(Br)ccc21. The van der Waals surface area contributed by atoms with Crippen molar-refractivity contribution in [1.82, 2.24) is 0 Å². The maximum Gasteiger partial charge on any atom is 0.209 e. The number of nitrogens with zero attached hydrogens (tertiary/aromatic N) is 2. The molecule has 3 aliphatic rings. The molecule has 0 N–H and O–H groups in total. The summed E-state index contributed by atoms with van der Waals surface area (Å²) in [6.45, 7) is 12.6. The van der Waals surface area contributed by atoms with Gasteiger partial charge in [0, 0.05) is 82.3 Å².